The average Bonchev–Trinajstić information content (AvgIpc) is 2.47. The topological polar surface area (TPSA) is 69.7 Å². The monoisotopic (exact) mass is 312 g/mol. The molecule has 116 valence electrons. The molecule has 0 N–H and O–H groups in total. The van der Waals surface area contributed by atoms with Crippen molar-refractivity contribution in [1.29, 1.82) is 0 Å². The smallest absolute Gasteiger partial charge is 0.338 e. The average molecular weight is 312 g/mol. The van der Waals surface area contributed by atoms with E-state index in [4.69, 9.17) is 4.18 Å². The number of carbonyl (C=O) groups is 1. The molecule has 0 aromatic heterocycles. The first kappa shape index (κ1) is 17.2. The van der Waals surface area contributed by atoms with Gasteiger partial charge in [0.1, 0.15) is 11.2 Å². The highest BCUT2D eigenvalue weighted by molar-refractivity contribution is 7.86. The summed E-state index contributed by atoms with van der Waals surface area (Å²) in [5.41, 5.74) is 1.15. The first-order valence-electron chi connectivity index (χ1n) is 6.68. The molecule has 0 aliphatic rings. The van der Waals surface area contributed by atoms with Crippen molar-refractivity contribution in [3.05, 3.63) is 41.7 Å². The molecule has 1 rings (SSSR count). The molecule has 0 unspecified atom stereocenters. The van der Waals surface area contributed by atoms with Gasteiger partial charge in [0, 0.05) is 0 Å². The molecule has 21 heavy (non-hydrogen) atoms. The lowest BCUT2D eigenvalue weighted by molar-refractivity contribution is -0.136. The lowest BCUT2D eigenvalue weighted by Gasteiger charge is -2.07. The van der Waals surface area contributed by atoms with Crippen LogP contribution in [0.4, 0.5) is 0 Å². The molecule has 0 fully saturated rings. The summed E-state index contributed by atoms with van der Waals surface area (Å²) in [6, 6.07) is 6.28. The summed E-state index contributed by atoms with van der Waals surface area (Å²) in [5, 5.41) is 0. The van der Waals surface area contributed by atoms with Crippen molar-refractivity contribution in [3.63, 3.8) is 0 Å². The van der Waals surface area contributed by atoms with Gasteiger partial charge in [0.25, 0.3) is 0 Å². The molecule has 0 spiro atoms. The number of ether oxygens (including phenoxy) is 1. The number of aryl methyl sites for hydroxylation is 1. The molecule has 0 aliphatic carbocycles. The van der Waals surface area contributed by atoms with Crippen molar-refractivity contribution in [1.82, 2.24) is 0 Å². The molecule has 0 atom stereocenters. The quantitative estimate of drug-likeness (QED) is 0.335. The van der Waals surface area contributed by atoms with Crippen molar-refractivity contribution in [2.45, 2.75) is 38.0 Å². The van der Waals surface area contributed by atoms with Crippen LogP contribution >= 0.6 is 0 Å². The van der Waals surface area contributed by atoms with Crippen LogP contribution in [0.2, 0.25) is 0 Å². The van der Waals surface area contributed by atoms with E-state index in [0.29, 0.717) is 6.42 Å². The molecular formula is C15H20O5S. The van der Waals surface area contributed by atoms with E-state index in [1.807, 2.05) is 13.8 Å². The van der Waals surface area contributed by atoms with E-state index in [1.54, 1.807) is 12.1 Å². The molecule has 0 amide bonds. The highest BCUT2D eigenvalue weighted by Gasteiger charge is 2.16. The summed E-state index contributed by atoms with van der Waals surface area (Å²) in [5.74, 6) is -0.581. The first-order valence-corrected chi connectivity index (χ1v) is 8.09. The molecule has 6 heteroatoms. The van der Waals surface area contributed by atoms with Crippen LogP contribution in [0.3, 0.4) is 0 Å². The summed E-state index contributed by atoms with van der Waals surface area (Å²) >= 11 is 0. The van der Waals surface area contributed by atoms with Gasteiger partial charge in [0.2, 0.25) is 0 Å². The summed E-state index contributed by atoms with van der Waals surface area (Å²) in [4.78, 5) is 11.6. The van der Waals surface area contributed by atoms with Crippen LogP contribution in [-0.2, 0) is 23.8 Å². The number of methoxy groups -OCH3 is 1. The van der Waals surface area contributed by atoms with E-state index in [-0.39, 0.29) is 10.5 Å². The highest BCUT2D eigenvalue weighted by atomic mass is 32.2. The molecule has 0 saturated carbocycles. The Kier molecular flexibility index (Phi) is 6.42. The van der Waals surface area contributed by atoms with Crippen molar-refractivity contribution < 1.29 is 22.1 Å². The van der Waals surface area contributed by atoms with Crippen LogP contribution in [0.25, 0.3) is 0 Å². The fourth-order valence-corrected chi connectivity index (χ4v) is 2.41. The maximum absolute atomic E-state index is 12.0. The molecule has 0 aliphatic heterocycles. The van der Waals surface area contributed by atoms with Crippen LogP contribution in [-0.4, -0.2) is 21.5 Å². The van der Waals surface area contributed by atoms with Gasteiger partial charge in [-0.05, 0) is 31.9 Å². The van der Waals surface area contributed by atoms with E-state index in [1.165, 1.54) is 19.2 Å². The number of carbonyl (C=O) groups excluding carboxylic acids is 1. The number of unbranched alkanes of at least 4 members (excludes halogenated alkanes) is 1. The summed E-state index contributed by atoms with van der Waals surface area (Å²) in [7, 11) is -2.68. The van der Waals surface area contributed by atoms with Crippen molar-refractivity contribution in [3.8, 4) is 0 Å². The molecular weight excluding hydrogens is 292 g/mol. The Morgan fingerprint density at radius 1 is 1.24 bits per heavy atom. The Labute approximate surface area is 125 Å². The minimum atomic E-state index is -3.92. The Morgan fingerprint density at radius 3 is 2.38 bits per heavy atom. The standard InChI is InChI=1S/C15H20O5S/c1-4-5-6-13(15(16)19-3)11-20-21(17,18)14-9-7-12(2)8-10-14/h7-11H,4-6H2,1-3H3. The zero-order valence-electron chi connectivity index (χ0n) is 12.5. The molecule has 0 radical (unpaired) electrons. The van der Waals surface area contributed by atoms with Gasteiger partial charge in [-0.1, -0.05) is 31.0 Å². The molecule has 0 bridgehead atoms. The van der Waals surface area contributed by atoms with E-state index in [2.05, 4.69) is 4.74 Å². The van der Waals surface area contributed by atoms with E-state index >= 15 is 0 Å². The van der Waals surface area contributed by atoms with Gasteiger partial charge >= 0.3 is 16.1 Å². The van der Waals surface area contributed by atoms with E-state index in [0.717, 1.165) is 24.7 Å². The predicted molar refractivity (Wildman–Crippen MR) is 79.1 cm³/mol. The minimum Gasteiger partial charge on any atom is -0.466 e. The normalized spacial score (nSPS) is 12.0. The Hall–Kier alpha value is -1.82. The van der Waals surface area contributed by atoms with Crippen LogP contribution in [0.5, 0.6) is 0 Å². The Balaban J connectivity index is 2.92. The lowest BCUT2D eigenvalue weighted by atomic mass is 10.1. The third-order valence-electron chi connectivity index (χ3n) is 2.87. The maximum atomic E-state index is 12.0. The van der Waals surface area contributed by atoms with Gasteiger partial charge in [-0.2, -0.15) is 8.42 Å². The van der Waals surface area contributed by atoms with E-state index in [9.17, 15) is 13.2 Å². The summed E-state index contributed by atoms with van der Waals surface area (Å²) in [6.45, 7) is 3.83. The van der Waals surface area contributed by atoms with Gasteiger partial charge in [-0.3, -0.25) is 0 Å². The van der Waals surface area contributed by atoms with Gasteiger partial charge in [0.15, 0.2) is 0 Å². The molecule has 0 saturated heterocycles. The third-order valence-corrected chi connectivity index (χ3v) is 4.07. The summed E-state index contributed by atoms with van der Waals surface area (Å²) < 4.78 is 33.5. The van der Waals surface area contributed by atoms with Gasteiger partial charge in [-0.15, -0.1) is 0 Å². The van der Waals surface area contributed by atoms with Crippen molar-refractivity contribution in [2.24, 2.45) is 0 Å². The zero-order valence-corrected chi connectivity index (χ0v) is 13.3. The second kappa shape index (κ2) is 7.83. The number of benzene rings is 1. The van der Waals surface area contributed by atoms with Crippen LogP contribution < -0.4 is 0 Å². The number of rotatable bonds is 7. The zero-order chi connectivity index (χ0) is 15.9. The number of esters is 1. The number of hydrogen-bond donors (Lipinski definition) is 0. The highest BCUT2D eigenvalue weighted by Crippen LogP contribution is 2.16. The van der Waals surface area contributed by atoms with Crippen molar-refractivity contribution >= 4 is 16.1 Å². The second-order valence-electron chi connectivity index (χ2n) is 4.60. The second-order valence-corrected chi connectivity index (χ2v) is 6.17. The van der Waals surface area contributed by atoms with Crippen LogP contribution in [0, 0.1) is 6.92 Å². The van der Waals surface area contributed by atoms with E-state index < -0.39 is 16.1 Å². The fourth-order valence-electron chi connectivity index (χ4n) is 1.59. The molecule has 1 aromatic rings. The van der Waals surface area contributed by atoms with Gasteiger partial charge in [0.05, 0.1) is 12.7 Å². The first-order chi connectivity index (χ1) is 9.90. The summed E-state index contributed by atoms with van der Waals surface area (Å²) in [6.07, 6.45) is 3.00. The van der Waals surface area contributed by atoms with Crippen molar-refractivity contribution in [2.75, 3.05) is 7.11 Å². The minimum absolute atomic E-state index is 0.0454. The molecule has 5 nitrogen and oxygen atoms in total. The van der Waals surface area contributed by atoms with Gasteiger partial charge < -0.3 is 8.92 Å². The van der Waals surface area contributed by atoms with Crippen LogP contribution in [0.15, 0.2) is 41.0 Å². The maximum Gasteiger partial charge on any atom is 0.338 e. The van der Waals surface area contributed by atoms with Gasteiger partial charge in [-0.25, -0.2) is 4.79 Å². The predicted octanol–water partition coefficient (Wildman–Crippen LogP) is 2.95. The number of hydrogen-bond acceptors (Lipinski definition) is 5. The Morgan fingerprint density at radius 2 is 1.86 bits per heavy atom. The largest absolute Gasteiger partial charge is 0.466 e. The Bertz CT molecular complexity index is 599. The molecule has 1 aromatic carbocycles. The van der Waals surface area contributed by atoms with Crippen LogP contribution in [0.1, 0.15) is 31.7 Å². The lowest BCUT2D eigenvalue weighted by Crippen LogP contribution is -2.08. The fraction of sp³-hybridized carbons (Fsp3) is 0.400. The SMILES string of the molecule is CCCCC(=COS(=O)(=O)c1ccc(C)cc1)C(=O)OC. The third kappa shape index (κ3) is 5.23. The molecule has 0 heterocycles.